The van der Waals surface area contributed by atoms with Gasteiger partial charge in [-0.05, 0) is 55.4 Å². The number of sulfonamides is 1. The largest absolute Gasteiger partial charge is 0.495 e. The highest BCUT2D eigenvalue weighted by molar-refractivity contribution is 7.89. The molecule has 6 nitrogen and oxygen atoms in total. The average molecular weight is 395 g/mol. The first-order valence-electron chi connectivity index (χ1n) is 7.63. The molecule has 138 valence electrons. The zero-order chi connectivity index (χ0) is 19.3. The summed E-state index contributed by atoms with van der Waals surface area (Å²) in [7, 11) is -0.984. The van der Waals surface area contributed by atoms with Crippen LogP contribution in [-0.2, 0) is 14.8 Å². The highest BCUT2D eigenvalue weighted by Crippen LogP contribution is 2.25. The molecule has 0 aliphatic rings. The summed E-state index contributed by atoms with van der Waals surface area (Å²) in [6.07, 6.45) is 2.80. The molecule has 26 heavy (non-hydrogen) atoms. The monoisotopic (exact) mass is 394 g/mol. The molecule has 0 radical (unpaired) electrons. The maximum absolute atomic E-state index is 12.1. The van der Waals surface area contributed by atoms with Crippen molar-refractivity contribution in [3.05, 3.63) is 58.6 Å². The SMILES string of the molecule is CNS(=O)(=O)c1cc(/C=C/C(=O)Nc2ccc(C)cc2Cl)ccc1OC. The molecule has 0 aliphatic heterocycles. The molecule has 0 bridgehead atoms. The van der Waals surface area contributed by atoms with Crippen molar-refractivity contribution in [3.8, 4) is 5.75 Å². The molecule has 0 spiro atoms. The standard InChI is InChI=1S/C18H19ClN2O4S/c1-12-4-7-15(14(19)10-12)21-18(22)9-6-13-5-8-16(25-3)17(11-13)26(23,24)20-2/h4-11,20H,1-3H3,(H,21,22)/b9-6+. The number of benzene rings is 2. The van der Waals surface area contributed by atoms with Gasteiger partial charge in [-0.2, -0.15) is 0 Å². The lowest BCUT2D eigenvalue weighted by Gasteiger charge is -2.09. The quantitative estimate of drug-likeness (QED) is 0.737. The molecule has 1 amide bonds. The predicted molar refractivity (Wildman–Crippen MR) is 103 cm³/mol. The van der Waals surface area contributed by atoms with Gasteiger partial charge in [-0.25, -0.2) is 13.1 Å². The summed E-state index contributed by atoms with van der Waals surface area (Å²) in [4.78, 5) is 12.1. The Bertz CT molecular complexity index is 956. The number of anilines is 1. The van der Waals surface area contributed by atoms with Crippen LogP contribution in [0.15, 0.2) is 47.4 Å². The summed E-state index contributed by atoms with van der Waals surface area (Å²) in [5.74, 6) is -0.169. The molecule has 2 N–H and O–H groups in total. The summed E-state index contributed by atoms with van der Waals surface area (Å²) in [6.45, 7) is 1.90. The van der Waals surface area contributed by atoms with Crippen LogP contribution in [0.5, 0.6) is 5.75 Å². The van der Waals surface area contributed by atoms with Crippen molar-refractivity contribution >= 4 is 39.3 Å². The van der Waals surface area contributed by atoms with E-state index in [9.17, 15) is 13.2 Å². The summed E-state index contributed by atoms with van der Waals surface area (Å²) in [5.41, 5.74) is 2.02. The van der Waals surface area contributed by atoms with Crippen molar-refractivity contribution in [1.29, 1.82) is 0 Å². The van der Waals surface area contributed by atoms with E-state index in [0.29, 0.717) is 16.3 Å². The third kappa shape index (κ3) is 4.85. The van der Waals surface area contributed by atoms with Gasteiger partial charge >= 0.3 is 0 Å². The van der Waals surface area contributed by atoms with Crippen LogP contribution in [0, 0.1) is 6.92 Å². The van der Waals surface area contributed by atoms with Crippen LogP contribution in [0.4, 0.5) is 5.69 Å². The second kappa shape index (κ2) is 8.35. The Labute approximate surface area is 157 Å². The number of halogens is 1. The number of hydrogen-bond donors (Lipinski definition) is 2. The molecule has 2 aromatic carbocycles. The van der Waals surface area contributed by atoms with Crippen molar-refractivity contribution in [2.75, 3.05) is 19.5 Å². The van der Waals surface area contributed by atoms with E-state index in [2.05, 4.69) is 10.0 Å². The minimum Gasteiger partial charge on any atom is -0.495 e. The van der Waals surface area contributed by atoms with Crippen LogP contribution in [0.1, 0.15) is 11.1 Å². The lowest BCUT2D eigenvalue weighted by Crippen LogP contribution is -2.19. The van der Waals surface area contributed by atoms with E-state index in [1.54, 1.807) is 18.2 Å². The molecule has 2 rings (SSSR count). The molecular formula is C18H19ClN2O4S. The molecule has 0 aliphatic carbocycles. The number of hydrogen-bond acceptors (Lipinski definition) is 4. The fourth-order valence-corrected chi connectivity index (χ4v) is 3.39. The van der Waals surface area contributed by atoms with E-state index >= 15 is 0 Å². The predicted octanol–water partition coefficient (Wildman–Crippen LogP) is 3.22. The van der Waals surface area contributed by atoms with Gasteiger partial charge in [-0.3, -0.25) is 4.79 Å². The molecule has 0 fully saturated rings. The van der Waals surface area contributed by atoms with Crippen LogP contribution in [0.3, 0.4) is 0 Å². The van der Waals surface area contributed by atoms with Gasteiger partial charge in [0.15, 0.2) is 0 Å². The number of carbonyl (C=O) groups is 1. The van der Waals surface area contributed by atoms with E-state index < -0.39 is 10.0 Å². The van der Waals surface area contributed by atoms with Crippen LogP contribution in [0.25, 0.3) is 6.08 Å². The summed E-state index contributed by atoms with van der Waals surface area (Å²) in [6, 6.07) is 9.90. The molecule has 0 saturated carbocycles. The second-order valence-corrected chi connectivity index (χ2v) is 7.69. The first-order chi connectivity index (χ1) is 12.3. The third-order valence-electron chi connectivity index (χ3n) is 3.56. The molecule has 0 atom stereocenters. The average Bonchev–Trinajstić information content (AvgIpc) is 2.62. The van der Waals surface area contributed by atoms with Gasteiger partial charge in [-0.1, -0.05) is 23.7 Å². The fourth-order valence-electron chi connectivity index (χ4n) is 2.18. The van der Waals surface area contributed by atoms with Crippen LogP contribution in [0.2, 0.25) is 5.02 Å². The first kappa shape index (κ1) is 20.0. The highest BCUT2D eigenvalue weighted by atomic mass is 35.5. The Balaban J connectivity index is 2.22. The van der Waals surface area contributed by atoms with Gasteiger partial charge in [0.05, 0.1) is 17.8 Å². The van der Waals surface area contributed by atoms with Crippen molar-refractivity contribution in [1.82, 2.24) is 4.72 Å². The number of methoxy groups -OCH3 is 1. The Morgan fingerprint density at radius 2 is 1.92 bits per heavy atom. The van der Waals surface area contributed by atoms with Crippen molar-refractivity contribution in [3.63, 3.8) is 0 Å². The van der Waals surface area contributed by atoms with Gasteiger partial charge in [0, 0.05) is 6.08 Å². The molecule has 0 heterocycles. The number of nitrogens with one attached hydrogen (secondary N) is 2. The summed E-state index contributed by atoms with van der Waals surface area (Å²) < 4.78 is 31.5. The van der Waals surface area contributed by atoms with Gasteiger partial charge in [-0.15, -0.1) is 0 Å². The summed E-state index contributed by atoms with van der Waals surface area (Å²) >= 11 is 6.08. The van der Waals surface area contributed by atoms with Crippen LogP contribution >= 0.6 is 11.6 Å². The van der Waals surface area contributed by atoms with E-state index in [4.69, 9.17) is 16.3 Å². The first-order valence-corrected chi connectivity index (χ1v) is 9.49. The highest BCUT2D eigenvalue weighted by Gasteiger charge is 2.17. The Morgan fingerprint density at radius 1 is 1.19 bits per heavy atom. The zero-order valence-electron chi connectivity index (χ0n) is 14.5. The normalized spacial score (nSPS) is 11.5. The fraction of sp³-hybridized carbons (Fsp3) is 0.167. The number of aryl methyl sites for hydroxylation is 1. The maximum atomic E-state index is 12.1. The van der Waals surface area contributed by atoms with Crippen molar-refractivity contribution in [2.45, 2.75) is 11.8 Å². The van der Waals surface area contributed by atoms with Crippen molar-refractivity contribution < 1.29 is 17.9 Å². The number of amides is 1. The lowest BCUT2D eigenvalue weighted by molar-refractivity contribution is -0.111. The molecule has 0 aromatic heterocycles. The maximum Gasteiger partial charge on any atom is 0.248 e. The van der Waals surface area contributed by atoms with Gasteiger partial charge < -0.3 is 10.1 Å². The van der Waals surface area contributed by atoms with Gasteiger partial charge in [0.25, 0.3) is 0 Å². The minimum atomic E-state index is -3.69. The molecule has 0 saturated heterocycles. The minimum absolute atomic E-state index is 0.00774. The van der Waals surface area contributed by atoms with Gasteiger partial charge in [0.1, 0.15) is 10.6 Å². The van der Waals surface area contributed by atoms with E-state index in [1.807, 2.05) is 13.0 Å². The summed E-state index contributed by atoms with van der Waals surface area (Å²) in [5, 5.41) is 3.12. The molecule has 8 heteroatoms. The van der Waals surface area contributed by atoms with E-state index in [0.717, 1.165) is 5.56 Å². The van der Waals surface area contributed by atoms with Crippen LogP contribution < -0.4 is 14.8 Å². The topological polar surface area (TPSA) is 84.5 Å². The molecule has 0 unspecified atom stereocenters. The Kier molecular flexibility index (Phi) is 6.42. The third-order valence-corrected chi connectivity index (χ3v) is 5.30. The second-order valence-electron chi connectivity index (χ2n) is 5.42. The van der Waals surface area contributed by atoms with E-state index in [-0.39, 0.29) is 16.6 Å². The zero-order valence-corrected chi connectivity index (χ0v) is 16.1. The Morgan fingerprint density at radius 3 is 2.54 bits per heavy atom. The Hall–Kier alpha value is -2.35. The molecular weight excluding hydrogens is 376 g/mol. The number of rotatable bonds is 6. The van der Waals surface area contributed by atoms with Crippen LogP contribution in [-0.4, -0.2) is 28.5 Å². The number of carbonyl (C=O) groups excluding carboxylic acids is 1. The van der Waals surface area contributed by atoms with Crippen molar-refractivity contribution in [2.24, 2.45) is 0 Å². The van der Waals surface area contributed by atoms with Gasteiger partial charge in [0.2, 0.25) is 15.9 Å². The number of ether oxygens (including phenoxy) is 1. The lowest BCUT2D eigenvalue weighted by atomic mass is 10.2. The molecule has 2 aromatic rings. The van der Waals surface area contributed by atoms with E-state index in [1.165, 1.54) is 38.4 Å². The smallest absolute Gasteiger partial charge is 0.248 e.